The standard InChI is InChI=1S/C21H16N4O/c22-20(26)19-21(23-17-13-7-8-14-25(17)19)24-18(15-9-3-1-4-10-15)16-11-5-2-6-12-16/h1-14H,(H2,22,26). The molecule has 4 rings (SSSR count). The second-order valence-electron chi connectivity index (χ2n) is 5.77. The molecule has 0 radical (unpaired) electrons. The molecule has 0 aliphatic heterocycles. The van der Waals surface area contributed by atoms with Crippen LogP contribution in [0.1, 0.15) is 21.6 Å². The molecule has 2 N–H and O–H groups in total. The maximum Gasteiger partial charge on any atom is 0.269 e. The molecule has 0 fully saturated rings. The van der Waals surface area contributed by atoms with E-state index in [1.165, 1.54) is 0 Å². The van der Waals surface area contributed by atoms with Gasteiger partial charge >= 0.3 is 0 Å². The highest BCUT2D eigenvalue weighted by Crippen LogP contribution is 2.23. The van der Waals surface area contributed by atoms with Gasteiger partial charge in [-0.1, -0.05) is 66.7 Å². The molecule has 0 aliphatic rings. The summed E-state index contributed by atoms with van der Waals surface area (Å²) in [4.78, 5) is 21.3. The minimum atomic E-state index is -0.567. The zero-order chi connectivity index (χ0) is 17.9. The Morgan fingerprint density at radius 1 is 0.846 bits per heavy atom. The van der Waals surface area contributed by atoms with Gasteiger partial charge in [0.1, 0.15) is 5.65 Å². The van der Waals surface area contributed by atoms with E-state index >= 15 is 0 Å². The third-order valence-electron chi connectivity index (χ3n) is 4.06. The predicted octanol–water partition coefficient (Wildman–Crippen LogP) is 3.60. The van der Waals surface area contributed by atoms with Crippen LogP contribution in [0.25, 0.3) is 5.65 Å². The molecule has 0 saturated heterocycles. The van der Waals surface area contributed by atoms with Gasteiger partial charge in [-0.3, -0.25) is 9.20 Å². The van der Waals surface area contributed by atoms with Gasteiger partial charge in [-0.2, -0.15) is 0 Å². The summed E-state index contributed by atoms with van der Waals surface area (Å²) in [6.07, 6.45) is 1.76. The number of nitrogens with two attached hydrogens (primary N) is 1. The molecular weight excluding hydrogens is 324 g/mol. The van der Waals surface area contributed by atoms with E-state index in [9.17, 15) is 4.79 Å². The van der Waals surface area contributed by atoms with Crippen LogP contribution in [0.15, 0.2) is 90.1 Å². The first-order valence-corrected chi connectivity index (χ1v) is 8.20. The summed E-state index contributed by atoms with van der Waals surface area (Å²) in [6.45, 7) is 0. The topological polar surface area (TPSA) is 72.8 Å². The smallest absolute Gasteiger partial charge is 0.269 e. The quantitative estimate of drug-likeness (QED) is 0.577. The average molecular weight is 340 g/mol. The zero-order valence-corrected chi connectivity index (χ0v) is 13.9. The van der Waals surface area contributed by atoms with Gasteiger partial charge in [0.2, 0.25) is 0 Å². The van der Waals surface area contributed by atoms with Crippen LogP contribution >= 0.6 is 0 Å². The van der Waals surface area contributed by atoms with Gasteiger partial charge in [0.05, 0.1) is 5.71 Å². The fourth-order valence-electron chi connectivity index (χ4n) is 2.88. The van der Waals surface area contributed by atoms with E-state index in [0.29, 0.717) is 11.5 Å². The molecule has 0 unspecified atom stereocenters. The van der Waals surface area contributed by atoms with E-state index in [1.54, 1.807) is 10.6 Å². The van der Waals surface area contributed by atoms with Crippen LogP contribution in [-0.2, 0) is 0 Å². The number of nitrogens with zero attached hydrogens (tertiary/aromatic N) is 3. The van der Waals surface area contributed by atoms with Crippen LogP contribution in [0, 0.1) is 0 Å². The number of fused-ring (bicyclic) bond motifs is 1. The highest BCUT2D eigenvalue weighted by Gasteiger charge is 2.18. The van der Waals surface area contributed by atoms with Gasteiger partial charge in [0, 0.05) is 17.3 Å². The molecule has 2 aromatic carbocycles. The molecule has 0 aliphatic carbocycles. The number of primary amides is 1. The van der Waals surface area contributed by atoms with E-state index < -0.39 is 5.91 Å². The first-order valence-electron chi connectivity index (χ1n) is 8.20. The lowest BCUT2D eigenvalue weighted by molar-refractivity contribution is 0.0995. The first-order chi connectivity index (χ1) is 12.7. The summed E-state index contributed by atoms with van der Waals surface area (Å²) in [5.74, 6) is -0.255. The van der Waals surface area contributed by atoms with E-state index in [0.717, 1.165) is 16.8 Å². The highest BCUT2D eigenvalue weighted by atomic mass is 16.1. The molecule has 2 heterocycles. The predicted molar refractivity (Wildman–Crippen MR) is 102 cm³/mol. The molecule has 4 aromatic rings. The Bertz CT molecular complexity index is 1060. The molecule has 26 heavy (non-hydrogen) atoms. The summed E-state index contributed by atoms with van der Waals surface area (Å²) < 4.78 is 1.66. The van der Waals surface area contributed by atoms with Gasteiger partial charge in [-0.15, -0.1) is 0 Å². The van der Waals surface area contributed by atoms with Crippen molar-refractivity contribution in [1.29, 1.82) is 0 Å². The first kappa shape index (κ1) is 15.8. The zero-order valence-electron chi connectivity index (χ0n) is 13.9. The van der Waals surface area contributed by atoms with Crippen LogP contribution in [0.3, 0.4) is 0 Å². The third-order valence-corrected chi connectivity index (χ3v) is 4.06. The van der Waals surface area contributed by atoms with Crippen LogP contribution < -0.4 is 5.73 Å². The summed E-state index contributed by atoms with van der Waals surface area (Å²) in [5, 5.41) is 0. The molecule has 0 spiro atoms. The molecule has 0 bridgehead atoms. The Morgan fingerprint density at radius 2 is 1.42 bits per heavy atom. The Morgan fingerprint density at radius 3 is 2.00 bits per heavy atom. The van der Waals surface area contributed by atoms with Gasteiger partial charge in [0.15, 0.2) is 11.5 Å². The Labute approximate surface area is 150 Å². The normalized spacial score (nSPS) is 10.6. The summed E-state index contributed by atoms with van der Waals surface area (Å²) in [5.41, 5.74) is 9.11. The number of aliphatic imine (C=N–C) groups is 1. The number of carbonyl (C=O) groups is 1. The van der Waals surface area contributed by atoms with Crippen molar-refractivity contribution in [3.05, 3.63) is 102 Å². The Kier molecular flexibility index (Phi) is 4.03. The van der Waals surface area contributed by atoms with Crippen molar-refractivity contribution in [2.24, 2.45) is 10.7 Å². The number of aromatic nitrogens is 2. The third kappa shape index (κ3) is 2.86. The lowest BCUT2D eigenvalue weighted by Crippen LogP contribution is -2.14. The number of carbonyl (C=O) groups excluding carboxylic acids is 1. The van der Waals surface area contributed by atoms with Gasteiger partial charge < -0.3 is 5.73 Å². The SMILES string of the molecule is NC(=O)c1c(N=C(c2ccccc2)c2ccccc2)nc2ccccn12. The largest absolute Gasteiger partial charge is 0.364 e. The minimum Gasteiger partial charge on any atom is -0.364 e. The van der Waals surface area contributed by atoms with E-state index in [1.807, 2.05) is 78.9 Å². The average Bonchev–Trinajstić information content (AvgIpc) is 3.06. The lowest BCUT2D eigenvalue weighted by atomic mass is 10.0. The monoisotopic (exact) mass is 340 g/mol. The Hall–Kier alpha value is -3.73. The fourth-order valence-corrected chi connectivity index (χ4v) is 2.88. The molecule has 0 saturated carbocycles. The highest BCUT2D eigenvalue weighted by molar-refractivity contribution is 6.14. The Balaban J connectivity index is 1.98. The molecule has 1 amide bonds. The number of amides is 1. The van der Waals surface area contributed by atoms with E-state index in [4.69, 9.17) is 10.7 Å². The van der Waals surface area contributed by atoms with Crippen LogP contribution in [0.2, 0.25) is 0 Å². The van der Waals surface area contributed by atoms with Crippen LogP contribution in [-0.4, -0.2) is 21.0 Å². The lowest BCUT2D eigenvalue weighted by Gasteiger charge is -2.07. The maximum absolute atomic E-state index is 12.0. The second-order valence-corrected chi connectivity index (χ2v) is 5.77. The van der Waals surface area contributed by atoms with Gasteiger partial charge in [-0.25, -0.2) is 9.98 Å². The van der Waals surface area contributed by atoms with Crippen molar-refractivity contribution < 1.29 is 4.79 Å². The summed E-state index contributed by atoms with van der Waals surface area (Å²) in [6, 6.07) is 25.1. The molecule has 2 aromatic heterocycles. The van der Waals surface area contributed by atoms with Crippen molar-refractivity contribution in [2.45, 2.75) is 0 Å². The molecular formula is C21H16N4O. The second kappa shape index (κ2) is 6.64. The summed E-state index contributed by atoms with van der Waals surface area (Å²) >= 11 is 0. The molecule has 5 nitrogen and oxygen atoms in total. The van der Waals surface area contributed by atoms with Crippen molar-refractivity contribution in [3.63, 3.8) is 0 Å². The maximum atomic E-state index is 12.0. The van der Waals surface area contributed by atoms with Gasteiger partial charge in [0.25, 0.3) is 5.91 Å². The number of pyridine rings is 1. The van der Waals surface area contributed by atoms with Crippen LogP contribution in [0.4, 0.5) is 5.82 Å². The number of hydrogen-bond donors (Lipinski definition) is 1. The molecule has 126 valence electrons. The van der Waals surface area contributed by atoms with Crippen molar-refractivity contribution >= 4 is 23.1 Å². The number of rotatable bonds is 4. The van der Waals surface area contributed by atoms with Crippen molar-refractivity contribution in [1.82, 2.24) is 9.38 Å². The van der Waals surface area contributed by atoms with E-state index in [-0.39, 0.29) is 5.69 Å². The van der Waals surface area contributed by atoms with Gasteiger partial charge in [-0.05, 0) is 12.1 Å². The van der Waals surface area contributed by atoms with Crippen molar-refractivity contribution in [3.8, 4) is 0 Å². The number of benzene rings is 2. The summed E-state index contributed by atoms with van der Waals surface area (Å²) in [7, 11) is 0. The number of hydrogen-bond acceptors (Lipinski definition) is 3. The molecule has 0 atom stereocenters. The van der Waals surface area contributed by atoms with Crippen molar-refractivity contribution in [2.75, 3.05) is 0 Å². The molecule has 5 heteroatoms. The fraction of sp³-hybridized carbons (Fsp3) is 0. The minimum absolute atomic E-state index is 0.268. The van der Waals surface area contributed by atoms with E-state index in [2.05, 4.69) is 4.98 Å². The van der Waals surface area contributed by atoms with Crippen LogP contribution in [0.5, 0.6) is 0 Å². The number of imidazole rings is 1.